The van der Waals surface area contributed by atoms with Crippen molar-refractivity contribution in [1.29, 1.82) is 0 Å². The summed E-state index contributed by atoms with van der Waals surface area (Å²) in [6.07, 6.45) is 3.03. The summed E-state index contributed by atoms with van der Waals surface area (Å²) in [6.45, 7) is 8.06. The standard InChI is InChI=1S/C19H25N7O2/c1-4-26-17(20-11-21-26)13(3)23-18(27)14-7-9-25(10-8-14)19-24-16-15(28-19)6-5-12(2)22-16/h5-6,11,13-14H,4,7-10H2,1-3H3,(H,23,27). The van der Waals surface area contributed by atoms with Crippen LogP contribution in [0.1, 0.15) is 44.2 Å². The molecule has 1 atom stereocenters. The Labute approximate surface area is 163 Å². The molecule has 0 bridgehead atoms. The minimum absolute atomic E-state index is 0.0264. The Morgan fingerprint density at radius 1 is 1.32 bits per heavy atom. The van der Waals surface area contributed by atoms with Crippen LogP contribution in [-0.4, -0.2) is 43.7 Å². The SMILES string of the molecule is CCn1ncnc1C(C)NC(=O)C1CCN(c2nc3nc(C)ccc3o2)CC1. The number of anilines is 1. The third-order valence-corrected chi connectivity index (χ3v) is 5.21. The molecular formula is C19H25N7O2. The molecule has 0 spiro atoms. The summed E-state index contributed by atoms with van der Waals surface area (Å²) in [5.41, 5.74) is 2.23. The lowest BCUT2D eigenvalue weighted by atomic mass is 9.96. The fourth-order valence-corrected chi connectivity index (χ4v) is 3.62. The third kappa shape index (κ3) is 3.56. The van der Waals surface area contributed by atoms with Crippen LogP contribution >= 0.6 is 0 Å². The van der Waals surface area contributed by atoms with Gasteiger partial charge in [-0.1, -0.05) is 0 Å². The van der Waals surface area contributed by atoms with Crippen LogP contribution in [0.3, 0.4) is 0 Å². The molecule has 1 amide bonds. The largest absolute Gasteiger partial charge is 0.422 e. The van der Waals surface area contributed by atoms with Gasteiger partial charge in [0, 0.05) is 31.2 Å². The highest BCUT2D eigenvalue weighted by molar-refractivity contribution is 5.79. The number of carbonyl (C=O) groups excluding carboxylic acids is 1. The van der Waals surface area contributed by atoms with E-state index in [4.69, 9.17) is 4.42 Å². The van der Waals surface area contributed by atoms with Crippen molar-refractivity contribution in [2.45, 2.75) is 46.2 Å². The number of hydrogen-bond donors (Lipinski definition) is 1. The van der Waals surface area contributed by atoms with Crippen LogP contribution in [0.5, 0.6) is 0 Å². The van der Waals surface area contributed by atoms with E-state index in [2.05, 4.69) is 30.3 Å². The Morgan fingerprint density at radius 3 is 2.86 bits per heavy atom. The number of nitrogens with zero attached hydrogens (tertiary/aromatic N) is 6. The quantitative estimate of drug-likeness (QED) is 0.721. The predicted molar refractivity (Wildman–Crippen MR) is 104 cm³/mol. The van der Waals surface area contributed by atoms with Crippen molar-refractivity contribution in [2.75, 3.05) is 18.0 Å². The Kier molecular flexibility index (Phi) is 4.97. The van der Waals surface area contributed by atoms with E-state index in [-0.39, 0.29) is 17.9 Å². The highest BCUT2D eigenvalue weighted by Gasteiger charge is 2.28. The lowest BCUT2D eigenvalue weighted by Crippen LogP contribution is -2.41. The summed E-state index contributed by atoms with van der Waals surface area (Å²) in [4.78, 5) is 27.9. The molecule has 1 fully saturated rings. The zero-order valence-corrected chi connectivity index (χ0v) is 16.4. The van der Waals surface area contributed by atoms with Gasteiger partial charge in [0.05, 0.1) is 6.04 Å². The number of aromatic nitrogens is 5. The molecule has 3 aromatic heterocycles. The van der Waals surface area contributed by atoms with Gasteiger partial charge in [-0.15, -0.1) is 0 Å². The highest BCUT2D eigenvalue weighted by atomic mass is 16.4. The molecule has 1 aliphatic heterocycles. The van der Waals surface area contributed by atoms with Gasteiger partial charge < -0.3 is 14.6 Å². The van der Waals surface area contributed by atoms with Gasteiger partial charge in [0.15, 0.2) is 5.58 Å². The second kappa shape index (κ2) is 7.57. The van der Waals surface area contributed by atoms with Gasteiger partial charge in [-0.2, -0.15) is 10.1 Å². The average molecular weight is 383 g/mol. The van der Waals surface area contributed by atoms with Gasteiger partial charge in [-0.05, 0) is 45.7 Å². The van der Waals surface area contributed by atoms with Crippen molar-refractivity contribution in [3.8, 4) is 0 Å². The van der Waals surface area contributed by atoms with Gasteiger partial charge in [0.2, 0.25) is 11.6 Å². The van der Waals surface area contributed by atoms with Crippen LogP contribution in [0.15, 0.2) is 22.9 Å². The van der Waals surface area contributed by atoms with E-state index in [1.165, 1.54) is 6.33 Å². The van der Waals surface area contributed by atoms with Crippen molar-refractivity contribution in [2.24, 2.45) is 5.92 Å². The molecule has 4 heterocycles. The lowest BCUT2D eigenvalue weighted by molar-refractivity contribution is -0.126. The normalized spacial score (nSPS) is 16.5. The molecule has 148 valence electrons. The van der Waals surface area contributed by atoms with E-state index in [0.29, 0.717) is 17.2 Å². The lowest BCUT2D eigenvalue weighted by Gasteiger charge is -2.30. The first kappa shape index (κ1) is 18.4. The molecular weight excluding hydrogens is 358 g/mol. The van der Waals surface area contributed by atoms with Crippen molar-refractivity contribution in [3.05, 3.63) is 30.0 Å². The first-order valence-electron chi connectivity index (χ1n) is 9.72. The maximum Gasteiger partial charge on any atom is 0.299 e. The summed E-state index contributed by atoms with van der Waals surface area (Å²) in [6, 6.07) is 4.22. The molecule has 1 aliphatic rings. The molecule has 0 saturated carbocycles. The van der Waals surface area contributed by atoms with Gasteiger partial charge in [0.1, 0.15) is 12.2 Å². The second-order valence-corrected chi connectivity index (χ2v) is 7.20. The summed E-state index contributed by atoms with van der Waals surface area (Å²) in [7, 11) is 0. The number of amides is 1. The highest BCUT2D eigenvalue weighted by Crippen LogP contribution is 2.26. The number of pyridine rings is 1. The molecule has 0 radical (unpaired) electrons. The molecule has 1 N–H and O–H groups in total. The Bertz CT molecular complexity index is 972. The Hall–Kier alpha value is -2.97. The molecule has 9 nitrogen and oxygen atoms in total. The molecule has 0 aliphatic carbocycles. The fraction of sp³-hybridized carbons (Fsp3) is 0.526. The van der Waals surface area contributed by atoms with Crippen molar-refractivity contribution in [1.82, 2.24) is 30.0 Å². The number of carbonyl (C=O) groups is 1. The molecule has 3 aromatic rings. The van der Waals surface area contributed by atoms with Crippen molar-refractivity contribution < 1.29 is 9.21 Å². The van der Waals surface area contributed by atoms with Gasteiger partial charge in [-0.25, -0.2) is 14.6 Å². The number of oxazole rings is 1. The van der Waals surface area contributed by atoms with E-state index < -0.39 is 0 Å². The third-order valence-electron chi connectivity index (χ3n) is 5.21. The smallest absolute Gasteiger partial charge is 0.299 e. The molecule has 9 heteroatoms. The van der Waals surface area contributed by atoms with E-state index in [1.54, 1.807) is 4.68 Å². The van der Waals surface area contributed by atoms with Crippen molar-refractivity contribution in [3.63, 3.8) is 0 Å². The number of piperidine rings is 1. The molecule has 0 aromatic carbocycles. The van der Waals surface area contributed by atoms with Crippen LogP contribution in [0.25, 0.3) is 11.2 Å². The van der Waals surface area contributed by atoms with Crippen LogP contribution in [0.4, 0.5) is 6.01 Å². The monoisotopic (exact) mass is 383 g/mol. The molecule has 4 rings (SSSR count). The Balaban J connectivity index is 1.36. The Morgan fingerprint density at radius 2 is 2.11 bits per heavy atom. The van der Waals surface area contributed by atoms with E-state index in [0.717, 1.165) is 44.0 Å². The first-order valence-corrected chi connectivity index (χ1v) is 9.72. The maximum atomic E-state index is 12.7. The van der Waals surface area contributed by atoms with Crippen LogP contribution < -0.4 is 10.2 Å². The zero-order valence-electron chi connectivity index (χ0n) is 16.4. The van der Waals surface area contributed by atoms with Gasteiger partial charge in [-0.3, -0.25) is 4.79 Å². The summed E-state index contributed by atoms with van der Waals surface area (Å²) in [5, 5.41) is 7.25. The summed E-state index contributed by atoms with van der Waals surface area (Å²) in [5.74, 6) is 0.816. The van der Waals surface area contributed by atoms with Crippen LogP contribution in [0, 0.1) is 12.8 Å². The van der Waals surface area contributed by atoms with Gasteiger partial charge >= 0.3 is 0 Å². The summed E-state index contributed by atoms with van der Waals surface area (Å²) >= 11 is 0. The van der Waals surface area contributed by atoms with E-state index in [9.17, 15) is 4.79 Å². The minimum Gasteiger partial charge on any atom is -0.422 e. The van der Waals surface area contributed by atoms with E-state index in [1.807, 2.05) is 32.9 Å². The van der Waals surface area contributed by atoms with Crippen LogP contribution in [-0.2, 0) is 11.3 Å². The van der Waals surface area contributed by atoms with Crippen molar-refractivity contribution >= 4 is 23.2 Å². The summed E-state index contributed by atoms with van der Waals surface area (Å²) < 4.78 is 7.63. The average Bonchev–Trinajstić information content (AvgIpc) is 3.34. The number of nitrogens with one attached hydrogen (secondary N) is 1. The topological polar surface area (TPSA) is 102 Å². The number of aryl methyl sites for hydroxylation is 2. The number of hydrogen-bond acceptors (Lipinski definition) is 7. The minimum atomic E-state index is -0.167. The first-order chi connectivity index (χ1) is 13.5. The zero-order chi connectivity index (χ0) is 19.7. The van der Waals surface area contributed by atoms with Gasteiger partial charge in [0.25, 0.3) is 6.01 Å². The number of fused-ring (bicyclic) bond motifs is 1. The molecule has 28 heavy (non-hydrogen) atoms. The fourth-order valence-electron chi connectivity index (χ4n) is 3.62. The van der Waals surface area contributed by atoms with E-state index >= 15 is 0 Å². The predicted octanol–water partition coefficient (Wildman–Crippen LogP) is 2.24. The molecule has 1 unspecified atom stereocenters. The second-order valence-electron chi connectivity index (χ2n) is 7.20. The number of rotatable bonds is 5. The maximum absolute atomic E-state index is 12.7. The van der Waals surface area contributed by atoms with Crippen LogP contribution in [0.2, 0.25) is 0 Å². The molecule has 1 saturated heterocycles.